The molecule has 154 valence electrons. The SMILES string of the molecule is CCN(CC(=O)NC(C)C)C(=O)/C=C/c1csc(N(C(C)=O)c2ccccc2)n1. The minimum Gasteiger partial charge on any atom is -0.352 e. The zero-order valence-electron chi connectivity index (χ0n) is 17.1. The fourth-order valence-corrected chi connectivity index (χ4v) is 3.46. The van der Waals surface area contributed by atoms with E-state index in [4.69, 9.17) is 0 Å². The Bertz CT molecular complexity index is 877. The number of para-hydroxylation sites is 1. The highest BCUT2D eigenvalue weighted by Crippen LogP contribution is 2.29. The lowest BCUT2D eigenvalue weighted by molar-refractivity contribution is -0.132. The van der Waals surface area contributed by atoms with Crippen molar-refractivity contribution in [2.75, 3.05) is 18.0 Å². The molecule has 3 amide bonds. The number of nitrogens with zero attached hydrogens (tertiary/aromatic N) is 3. The molecule has 1 aromatic heterocycles. The molecule has 0 aliphatic rings. The van der Waals surface area contributed by atoms with Crippen molar-refractivity contribution in [3.05, 3.63) is 47.5 Å². The van der Waals surface area contributed by atoms with Crippen LogP contribution in [-0.4, -0.2) is 46.7 Å². The van der Waals surface area contributed by atoms with E-state index in [0.29, 0.717) is 17.4 Å². The molecule has 0 atom stereocenters. The smallest absolute Gasteiger partial charge is 0.247 e. The number of likely N-dealkylation sites (N-methyl/N-ethyl adjacent to an activating group) is 1. The predicted octanol–water partition coefficient (Wildman–Crippen LogP) is 3.21. The van der Waals surface area contributed by atoms with Gasteiger partial charge in [0, 0.05) is 31.0 Å². The summed E-state index contributed by atoms with van der Waals surface area (Å²) in [5, 5.41) is 5.08. The van der Waals surface area contributed by atoms with E-state index in [1.807, 2.05) is 51.1 Å². The van der Waals surface area contributed by atoms with Crippen molar-refractivity contribution in [2.24, 2.45) is 0 Å². The summed E-state index contributed by atoms with van der Waals surface area (Å²) in [5.41, 5.74) is 1.30. The van der Waals surface area contributed by atoms with Crippen LogP contribution < -0.4 is 10.2 Å². The lowest BCUT2D eigenvalue weighted by Crippen LogP contribution is -2.42. The Kier molecular flexibility index (Phi) is 8.09. The van der Waals surface area contributed by atoms with Gasteiger partial charge in [-0.05, 0) is 39.0 Å². The van der Waals surface area contributed by atoms with Gasteiger partial charge in [-0.1, -0.05) is 18.2 Å². The molecule has 0 unspecified atom stereocenters. The zero-order chi connectivity index (χ0) is 21.4. The highest BCUT2D eigenvalue weighted by molar-refractivity contribution is 7.14. The first-order valence-corrected chi connectivity index (χ1v) is 10.3. The van der Waals surface area contributed by atoms with Gasteiger partial charge in [0.1, 0.15) is 0 Å². The third kappa shape index (κ3) is 6.53. The van der Waals surface area contributed by atoms with E-state index in [0.717, 1.165) is 5.69 Å². The van der Waals surface area contributed by atoms with Crippen molar-refractivity contribution in [3.63, 3.8) is 0 Å². The number of amides is 3. The second kappa shape index (κ2) is 10.5. The molecule has 0 fully saturated rings. The van der Waals surface area contributed by atoms with Crippen LogP contribution in [-0.2, 0) is 14.4 Å². The lowest BCUT2D eigenvalue weighted by atomic mass is 10.3. The van der Waals surface area contributed by atoms with Gasteiger partial charge in [-0.3, -0.25) is 19.3 Å². The van der Waals surface area contributed by atoms with Crippen LogP contribution in [0.3, 0.4) is 0 Å². The molecular weight excluding hydrogens is 388 g/mol. The minimum absolute atomic E-state index is 0.00624. The van der Waals surface area contributed by atoms with Crippen molar-refractivity contribution in [1.82, 2.24) is 15.2 Å². The summed E-state index contributed by atoms with van der Waals surface area (Å²) in [4.78, 5) is 43.8. The average Bonchev–Trinajstić information content (AvgIpc) is 3.12. The fraction of sp³-hybridized carbons (Fsp3) is 0.333. The summed E-state index contributed by atoms with van der Waals surface area (Å²) in [6, 6.07) is 9.28. The normalized spacial score (nSPS) is 10.9. The van der Waals surface area contributed by atoms with E-state index >= 15 is 0 Å². The fourth-order valence-electron chi connectivity index (χ4n) is 2.61. The molecule has 7 nitrogen and oxygen atoms in total. The molecule has 0 saturated carbocycles. The summed E-state index contributed by atoms with van der Waals surface area (Å²) >= 11 is 1.32. The maximum absolute atomic E-state index is 12.4. The summed E-state index contributed by atoms with van der Waals surface area (Å²) in [5.74, 6) is -0.613. The summed E-state index contributed by atoms with van der Waals surface area (Å²) in [6.07, 6.45) is 2.99. The predicted molar refractivity (Wildman–Crippen MR) is 116 cm³/mol. The second-order valence-corrected chi connectivity index (χ2v) is 7.49. The molecule has 1 N–H and O–H groups in total. The van der Waals surface area contributed by atoms with Crippen LogP contribution in [0.2, 0.25) is 0 Å². The van der Waals surface area contributed by atoms with Crippen LogP contribution in [0.1, 0.15) is 33.4 Å². The van der Waals surface area contributed by atoms with Crippen molar-refractivity contribution in [1.29, 1.82) is 0 Å². The van der Waals surface area contributed by atoms with E-state index in [2.05, 4.69) is 10.3 Å². The number of carbonyl (C=O) groups excluding carboxylic acids is 3. The Balaban J connectivity index is 2.09. The molecular formula is C21H26N4O3S. The van der Waals surface area contributed by atoms with Gasteiger partial charge in [0.05, 0.1) is 17.9 Å². The van der Waals surface area contributed by atoms with Crippen molar-refractivity contribution >= 4 is 46.0 Å². The van der Waals surface area contributed by atoms with Crippen LogP contribution in [0, 0.1) is 0 Å². The van der Waals surface area contributed by atoms with Gasteiger partial charge in [0.15, 0.2) is 5.13 Å². The summed E-state index contributed by atoms with van der Waals surface area (Å²) < 4.78 is 0. The van der Waals surface area contributed by atoms with Crippen molar-refractivity contribution in [2.45, 2.75) is 33.7 Å². The highest BCUT2D eigenvalue weighted by atomic mass is 32.1. The summed E-state index contributed by atoms with van der Waals surface area (Å²) in [7, 11) is 0. The first kappa shape index (κ1) is 22.3. The Morgan fingerprint density at radius 1 is 1.21 bits per heavy atom. The molecule has 2 rings (SSSR count). The molecule has 0 bridgehead atoms. The van der Waals surface area contributed by atoms with Gasteiger partial charge in [-0.2, -0.15) is 0 Å². The van der Waals surface area contributed by atoms with E-state index in [-0.39, 0.29) is 30.3 Å². The molecule has 0 spiro atoms. The largest absolute Gasteiger partial charge is 0.352 e. The van der Waals surface area contributed by atoms with Gasteiger partial charge >= 0.3 is 0 Å². The molecule has 1 aromatic carbocycles. The van der Waals surface area contributed by atoms with Crippen LogP contribution in [0.25, 0.3) is 6.08 Å². The molecule has 8 heteroatoms. The Morgan fingerprint density at radius 3 is 2.48 bits per heavy atom. The van der Waals surface area contributed by atoms with Gasteiger partial charge in [-0.25, -0.2) is 4.98 Å². The molecule has 0 saturated heterocycles. The molecule has 0 aliphatic heterocycles. The maximum atomic E-state index is 12.4. The number of anilines is 2. The van der Waals surface area contributed by atoms with Crippen LogP contribution >= 0.6 is 11.3 Å². The number of rotatable bonds is 8. The molecule has 0 radical (unpaired) electrons. The molecule has 1 heterocycles. The number of carbonyl (C=O) groups is 3. The highest BCUT2D eigenvalue weighted by Gasteiger charge is 2.18. The monoisotopic (exact) mass is 414 g/mol. The van der Waals surface area contributed by atoms with Gasteiger partial charge in [0.25, 0.3) is 0 Å². The Labute approximate surface area is 175 Å². The van der Waals surface area contributed by atoms with Crippen LogP contribution in [0.4, 0.5) is 10.8 Å². The number of hydrogen-bond donors (Lipinski definition) is 1. The maximum Gasteiger partial charge on any atom is 0.247 e. The minimum atomic E-state index is -0.271. The van der Waals surface area contributed by atoms with Crippen LogP contribution in [0.5, 0.6) is 0 Å². The number of aromatic nitrogens is 1. The lowest BCUT2D eigenvalue weighted by Gasteiger charge is -2.19. The number of nitrogens with one attached hydrogen (secondary N) is 1. The molecule has 2 aromatic rings. The van der Waals surface area contributed by atoms with E-state index in [9.17, 15) is 14.4 Å². The Morgan fingerprint density at radius 2 is 1.90 bits per heavy atom. The topological polar surface area (TPSA) is 82.6 Å². The zero-order valence-corrected chi connectivity index (χ0v) is 17.9. The number of thiazole rings is 1. The molecule has 29 heavy (non-hydrogen) atoms. The first-order chi connectivity index (χ1) is 13.8. The van der Waals surface area contributed by atoms with E-state index < -0.39 is 0 Å². The van der Waals surface area contributed by atoms with Crippen molar-refractivity contribution < 1.29 is 14.4 Å². The van der Waals surface area contributed by atoms with E-state index in [1.54, 1.807) is 11.5 Å². The van der Waals surface area contributed by atoms with Gasteiger partial charge < -0.3 is 10.2 Å². The van der Waals surface area contributed by atoms with Gasteiger partial charge in [0.2, 0.25) is 17.7 Å². The van der Waals surface area contributed by atoms with Crippen LogP contribution in [0.15, 0.2) is 41.8 Å². The Hall–Kier alpha value is -3.00. The molecule has 0 aliphatic carbocycles. The number of hydrogen-bond acceptors (Lipinski definition) is 5. The average molecular weight is 415 g/mol. The second-order valence-electron chi connectivity index (χ2n) is 6.65. The van der Waals surface area contributed by atoms with Gasteiger partial charge in [-0.15, -0.1) is 11.3 Å². The first-order valence-electron chi connectivity index (χ1n) is 9.39. The standard InChI is InChI=1S/C21H26N4O3S/c1-5-24(13-19(27)22-15(2)3)20(28)12-11-17-14-29-21(23-17)25(16(4)26)18-9-7-6-8-10-18/h6-12,14-15H,5,13H2,1-4H3,(H,22,27)/b12-11+. The third-order valence-electron chi connectivity index (χ3n) is 3.90. The summed E-state index contributed by atoms with van der Waals surface area (Å²) in [6.45, 7) is 7.47. The quantitative estimate of drug-likeness (QED) is 0.673. The number of benzene rings is 1. The van der Waals surface area contributed by atoms with Crippen molar-refractivity contribution in [3.8, 4) is 0 Å². The third-order valence-corrected chi connectivity index (χ3v) is 4.75. The van der Waals surface area contributed by atoms with E-state index in [1.165, 1.54) is 34.1 Å².